The summed E-state index contributed by atoms with van der Waals surface area (Å²) in [5.74, 6) is 0.355. The Hall–Kier alpha value is -0.650. The fourth-order valence-corrected chi connectivity index (χ4v) is 3.11. The molecule has 1 aromatic rings. The molecule has 2 rings (SSSR count). The highest BCUT2D eigenvalue weighted by Crippen LogP contribution is 2.21. The van der Waals surface area contributed by atoms with E-state index in [-0.39, 0.29) is 6.10 Å². The Morgan fingerprint density at radius 2 is 2.21 bits per heavy atom. The lowest BCUT2D eigenvalue weighted by molar-refractivity contribution is 0.114. The van der Waals surface area contributed by atoms with Gasteiger partial charge in [0, 0.05) is 30.7 Å². The van der Waals surface area contributed by atoms with Gasteiger partial charge in [0.25, 0.3) is 0 Å². The van der Waals surface area contributed by atoms with Crippen LogP contribution in [0.2, 0.25) is 0 Å². The lowest BCUT2D eigenvalue weighted by atomic mass is 10.0. The molecule has 1 unspecified atom stereocenters. The second-order valence-electron chi connectivity index (χ2n) is 5.63. The molecule has 4 nitrogen and oxygen atoms in total. The van der Waals surface area contributed by atoms with Crippen LogP contribution in [0.1, 0.15) is 33.1 Å². The molecule has 2 N–H and O–H groups in total. The standard InChI is InChI=1S/C14H25N3OS/c1-11(2)13(18)3-6-15-12-4-8-17(9-5-12)14-16-7-10-19-14/h7,10-13,15,18H,3-6,8-9H2,1-2H3. The monoisotopic (exact) mass is 283 g/mol. The number of rotatable bonds is 6. The zero-order valence-electron chi connectivity index (χ0n) is 11.9. The van der Waals surface area contributed by atoms with Crippen LogP contribution in [-0.4, -0.2) is 41.9 Å². The van der Waals surface area contributed by atoms with Crippen molar-refractivity contribution in [3.8, 4) is 0 Å². The van der Waals surface area contributed by atoms with Crippen molar-refractivity contribution in [1.29, 1.82) is 0 Å². The topological polar surface area (TPSA) is 48.4 Å². The molecule has 108 valence electrons. The minimum Gasteiger partial charge on any atom is -0.393 e. The minimum absolute atomic E-state index is 0.178. The number of aliphatic hydroxyl groups excluding tert-OH is 1. The Kier molecular flexibility index (Phi) is 5.60. The van der Waals surface area contributed by atoms with E-state index >= 15 is 0 Å². The van der Waals surface area contributed by atoms with E-state index in [1.807, 2.05) is 11.6 Å². The van der Waals surface area contributed by atoms with Crippen LogP contribution in [0.4, 0.5) is 5.13 Å². The molecule has 1 aliphatic heterocycles. The van der Waals surface area contributed by atoms with Crippen LogP contribution >= 0.6 is 11.3 Å². The number of anilines is 1. The average Bonchev–Trinajstić information content (AvgIpc) is 2.93. The van der Waals surface area contributed by atoms with Crippen LogP contribution in [0.15, 0.2) is 11.6 Å². The zero-order valence-corrected chi connectivity index (χ0v) is 12.7. The number of nitrogens with one attached hydrogen (secondary N) is 1. The summed E-state index contributed by atoms with van der Waals surface area (Å²) in [4.78, 5) is 6.73. The summed E-state index contributed by atoms with van der Waals surface area (Å²) >= 11 is 1.72. The molecule has 1 aromatic heterocycles. The van der Waals surface area contributed by atoms with Gasteiger partial charge in [-0.3, -0.25) is 0 Å². The Labute approximate surface area is 119 Å². The van der Waals surface area contributed by atoms with Crippen LogP contribution in [0.5, 0.6) is 0 Å². The molecule has 0 saturated carbocycles. The largest absolute Gasteiger partial charge is 0.393 e. The maximum absolute atomic E-state index is 9.77. The summed E-state index contributed by atoms with van der Waals surface area (Å²) in [6, 6.07) is 0.593. The molecule has 2 heterocycles. The molecule has 1 aliphatic rings. The third-order valence-corrected chi connectivity index (χ3v) is 4.66. The van der Waals surface area contributed by atoms with Gasteiger partial charge < -0.3 is 15.3 Å². The van der Waals surface area contributed by atoms with Crippen molar-refractivity contribution in [1.82, 2.24) is 10.3 Å². The van der Waals surface area contributed by atoms with Crippen LogP contribution in [0.25, 0.3) is 0 Å². The van der Waals surface area contributed by atoms with Crippen LogP contribution in [-0.2, 0) is 0 Å². The maximum atomic E-state index is 9.77. The molecular weight excluding hydrogens is 258 g/mol. The van der Waals surface area contributed by atoms with Crippen LogP contribution in [0.3, 0.4) is 0 Å². The average molecular weight is 283 g/mol. The Morgan fingerprint density at radius 3 is 2.79 bits per heavy atom. The van der Waals surface area contributed by atoms with Gasteiger partial charge >= 0.3 is 0 Å². The second kappa shape index (κ2) is 7.22. The molecule has 0 radical (unpaired) electrons. The summed E-state index contributed by atoms with van der Waals surface area (Å²) in [6.45, 7) is 7.21. The van der Waals surface area contributed by atoms with E-state index in [0.29, 0.717) is 12.0 Å². The summed E-state index contributed by atoms with van der Waals surface area (Å²) in [6.07, 6.45) is 4.87. The van der Waals surface area contributed by atoms with E-state index in [2.05, 4.69) is 29.0 Å². The molecule has 0 aliphatic carbocycles. The normalized spacial score (nSPS) is 19.1. The van der Waals surface area contributed by atoms with Gasteiger partial charge in [-0.25, -0.2) is 4.98 Å². The van der Waals surface area contributed by atoms with E-state index in [0.717, 1.165) is 44.0 Å². The van der Waals surface area contributed by atoms with Gasteiger partial charge in [0.15, 0.2) is 5.13 Å². The van der Waals surface area contributed by atoms with Crippen LogP contribution in [0, 0.1) is 5.92 Å². The number of aliphatic hydroxyl groups is 1. The molecule has 1 saturated heterocycles. The highest BCUT2D eigenvalue weighted by molar-refractivity contribution is 7.13. The van der Waals surface area contributed by atoms with Gasteiger partial charge in [0.2, 0.25) is 0 Å². The minimum atomic E-state index is -0.178. The predicted molar refractivity (Wildman–Crippen MR) is 80.8 cm³/mol. The SMILES string of the molecule is CC(C)C(O)CCNC1CCN(c2nccs2)CC1. The molecular formula is C14H25N3OS. The molecule has 5 heteroatoms. The van der Waals surface area contributed by atoms with Crippen molar-refractivity contribution in [3.05, 3.63) is 11.6 Å². The fourth-order valence-electron chi connectivity index (χ4n) is 2.42. The van der Waals surface area contributed by atoms with Gasteiger partial charge in [-0.05, 0) is 31.7 Å². The summed E-state index contributed by atoms with van der Waals surface area (Å²) in [5.41, 5.74) is 0. The van der Waals surface area contributed by atoms with E-state index in [4.69, 9.17) is 0 Å². The fraction of sp³-hybridized carbons (Fsp3) is 0.786. The molecule has 0 bridgehead atoms. The first-order valence-electron chi connectivity index (χ1n) is 7.22. The number of thiazole rings is 1. The highest BCUT2D eigenvalue weighted by Gasteiger charge is 2.20. The molecule has 0 spiro atoms. The van der Waals surface area contributed by atoms with E-state index in [1.165, 1.54) is 0 Å². The van der Waals surface area contributed by atoms with Gasteiger partial charge in [0.1, 0.15) is 0 Å². The second-order valence-corrected chi connectivity index (χ2v) is 6.50. The van der Waals surface area contributed by atoms with Crippen molar-refractivity contribution < 1.29 is 5.11 Å². The quantitative estimate of drug-likeness (QED) is 0.839. The van der Waals surface area contributed by atoms with Gasteiger partial charge in [0.05, 0.1) is 6.10 Å². The highest BCUT2D eigenvalue weighted by atomic mass is 32.1. The number of hydrogen-bond donors (Lipinski definition) is 2. The van der Waals surface area contributed by atoms with Crippen molar-refractivity contribution in [2.45, 2.75) is 45.3 Å². The number of hydrogen-bond acceptors (Lipinski definition) is 5. The van der Waals surface area contributed by atoms with E-state index in [1.54, 1.807) is 11.3 Å². The van der Waals surface area contributed by atoms with Gasteiger partial charge in [-0.2, -0.15) is 0 Å². The number of aromatic nitrogens is 1. The number of nitrogens with zero attached hydrogens (tertiary/aromatic N) is 2. The van der Waals surface area contributed by atoms with Crippen molar-refractivity contribution in [2.24, 2.45) is 5.92 Å². The lowest BCUT2D eigenvalue weighted by Crippen LogP contribution is -2.43. The Morgan fingerprint density at radius 1 is 1.47 bits per heavy atom. The molecule has 0 aromatic carbocycles. The van der Waals surface area contributed by atoms with E-state index < -0.39 is 0 Å². The molecule has 1 fully saturated rings. The summed E-state index contributed by atoms with van der Waals surface area (Å²) in [7, 11) is 0. The molecule has 1 atom stereocenters. The van der Waals surface area contributed by atoms with Crippen molar-refractivity contribution in [3.63, 3.8) is 0 Å². The number of piperidine rings is 1. The lowest BCUT2D eigenvalue weighted by Gasteiger charge is -2.32. The van der Waals surface area contributed by atoms with Crippen molar-refractivity contribution >= 4 is 16.5 Å². The van der Waals surface area contributed by atoms with Crippen LogP contribution < -0.4 is 10.2 Å². The van der Waals surface area contributed by atoms with E-state index in [9.17, 15) is 5.11 Å². The third-order valence-electron chi connectivity index (χ3n) is 3.83. The predicted octanol–water partition coefficient (Wildman–Crippen LogP) is 2.11. The molecule has 19 heavy (non-hydrogen) atoms. The Bertz CT molecular complexity index is 348. The van der Waals surface area contributed by atoms with Gasteiger partial charge in [-0.1, -0.05) is 13.8 Å². The summed E-state index contributed by atoms with van der Waals surface area (Å²) in [5, 5.41) is 16.5. The Balaban J connectivity index is 1.64. The smallest absolute Gasteiger partial charge is 0.185 e. The third kappa shape index (κ3) is 4.44. The first-order valence-corrected chi connectivity index (χ1v) is 8.10. The zero-order chi connectivity index (χ0) is 13.7. The maximum Gasteiger partial charge on any atom is 0.185 e. The first-order chi connectivity index (χ1) is 9.16. The van der Waals surface area contributed by atoms with Crippen molar-refractivity contribution in [2.75, 3.05) is 24.5 Å². The van der Waals surface area contributed by atoms with Gasteiger partial charge in [-0.15, -0.1) is 11.3 Å². The molecule has 0 amide bonds. The summed E-state index contributed by atoms with van der Waals surface area (Å²) < 4.78 is 0. The first kappa shape index (κ1) is 14.8.